The van der Waals surface area contributed by atoms with Gasteiger partial charge in [0.15, 0.2) is 0 Å². The SMILES string of the molecule is CC(C)CN1CCN(C(=O)c2cccc(-c3ccncc3F)c2)[C@@H](C)C1=O. The predicted molar refractivity (Wildman–Crippen MR) is 102 cm³/mol. The standard InChI is InChI=1S/C21H24FN3O2/c1-14(2)13-24-9-10-25(15(3)20(24)26)21(27)17-6-4-5-16(11-17)18-7-8-23-12-19(18)22/h4-8,11-12,14-15H,9-10,13H2,1-3H3/t15-/m0/s1. The molecule has 142 valence electrons. The van der Waals surface area contributed by atoms with Crippen LogP contribution in [0, 0.1) is 11.7 Å². The van der Waals surface area contributed by atoms with E-state index in [1.807, 2.05) is 4.90 Å². The van der Waals surface area contributed by atoms with E-state index < -0.39 is 11.9 Å². The fourth-order valence-corrected chi connectivity index (χ4v) is 3.42. The van der Waals surface area contributed by atoms with Gasteiger partial charge >= 0.3 is 0 Å². The molecule has 5 nitrogen and oxygen atoms in total. The summed E-state index contributed by atoms with van der Waals surface area (Å²) in [6.07, 6.45) is 2.67. The van der Waals surface area contributed by atoms with Crippen molar-refractivity contribution in [2.24, 2.45) is 5.92 Å². The third-order valence-corrected chi connectivity index (χ3v) is 4.79. The van der Waals surface area contributed by atoms with E-state index in [1.165, 1.54) is 6.20 Å². The van der Waals surface area contributed by atoms with Crippen LogP contribution in [0.1, 0.15) is 31.1 Å². The number of rotatable bonds is 4. The van der Waals surface area contributed by atoms with Crippen LogP contribution >= 0.6 is 0 Å². The lowest BCUT2D eigenvalue weighted by atomic mass is 10.0. The first-order valence-electron chi connectivity index (χ1n) is 9.18. The first-order valence-corrected chi connectivity index (χ1v) is 9.18. The van der Waals surface area contributed by atoms with E-state index in [4.69, 9.17) is 0 Å². The third kappa shape index (κ3) is 3.99. The van der Waals surface area contributed by atoms with E-state index in [1.54, 1.807) is 42.2 Å². The number of halogens is 1. The van der Waals surface area contributed by atoms with Gasteiger partial charge in [-0.1, -0.05) is 26.0 Å². The fourth-order valence-electron chi connectivity index (χ4n) is 3.42. The zero-order valence-corrected chi connectivity index (χ0v) is 15.9. The molecule has 1 aliphatic rings. The first kappa shape index (κ1) is 19.0. The number of pyridine rings is 1. The molecule has 0 N–H and O–H groups in total. The van der Waals surface area contributed by atoms with Crippen LogP contribution in [0.3, 0.4) is 0 Å². The zero-order valence-electron chi connectivity index (χ0n) is 15.9. The molecule has 0 radical (unpaired) electrons. The highest BCUT2D eigenvalue weighted by molar-refractivity contribution is 5.99. The van der Waals surface area contributed by atoms with Crippen molar-refractivity contribution in [1.29, 1.82) is 0 Å². The number of aromatic nitrogens is 1. The molecule has 2 heterocycles. The van der Waals surface area contributed by atoms with Crippen molar-refractivity contribution >= 4 is 11.8 Å². The molecule has 0 saturated carbocycles. The van der Waals surface area contributed by atoms with Gasteiger partial charge in [-0.15, -0.1) is 0 Å². The molecule has 2 amide bonds. The molecule has 1 saturated heterocycles. The molecule has 6 heteroatoms. The predicted octanol–water partition coefficient (Wildman–Crippen LogP) is 3.22. The molecule has 1 aromatic carbocycles. The van der Waals surface area contributed by atoms with Crippen molar-refractivity contribution in [2.45, 2.75) is 26.8 Å². The van der Waals surface area contributed by atoms with Gasteiger partial charge in [-0.05, 0) is 36.6 Å². The number of piperazine rings is 1. The molecular weight excluding hydrogens is 345 g/mol. The highest BCUT2D eigenvalue weighted by Crippen LogP contribution is 2.24. The number of benzene rings is 1. The Bertz CT molecular complexity index is 853. The van der Waals surface area contributed by atoms with Gasteiger partial charge in [-0.2, -0.15) is 0 Å². The van der Waals surface area contributed by atoms with Crippen molar-refractivity contribution in [3.8, 4) is 11.1 Å². The van der Waals surface area contributed by atoms with E-state index in [2.05, 4.69) is 18.8 Å². The Labute approximate surface area is 158 Å². The molecule has 0 aliphatic carbocycles. The Balaban J connectivity index is 1.82. The Kier molecular flexibility index (Phi) is 5.54. The number of hydrogen-bond donors (Lipinski definition) is 0. The van der Waals surface area contributed by atoms with Gasteiger partial charge in [0.05, 0.1) is 6.20 Å². The van der Waals surface area contributed by atoms with Crippen LogP contribution in [0.2, 0.25) is 0 Å². The lowest BCUT2D eigenvalue weighted by Crippen LogP contribution is -2.58. The summed E-state index contributed by atoms with van der Waals surface area (Å²) in [6.45, 7) is 7.62. The van der Waals surface area contributed by atoms with E-state index in [0.717, 1.165) is 6.20 Å². The Morgan fingerprint density at radius 2 is 2.07 bits per heavy atom. The Hall–Kier alpha value is -2.76. The minimum Gasteiger partial charge on any atom is -0.339 e. The summed E-state index contributed by atoms with van der Waals surface area (Å²) in [4.78, 5) is 32.8. The van der Waals surface area contributed by atoms with Gasteiger partial charge in [0, 0.05) is 37.0 Å². The van der Waals surface area contributed by atoms with Gasteiger partial charge in [-0.3, -0.25) is 14.6 Å². The highest BCUT2D eigenvalue weighted by Gasteiger charge is 2.34. The number of carbonyl (C=O) groups is 2. The van der Waals surface area contributed by atoms with E-state index in [0.29, 0.717) is 42.2 Å². The van der Waals surface area contributed by atoms with Crippen molar-refractivity contribution in [1.82, 2.24) is 14.8 Å². The van der Waals surface area contributed by atoms with Crippen LogP contribution in [0.25, 0.3) is 11.1 Å². The van der Waals surface area contributed by atoms with Crippen LogP contribution in [-0.2, 0) is 4.79 Å². The van der Waals surface area contributed by atoms with E-state index >= 15 is 0 Å². The number of amides is 2. The van der Waals surface area contributed by atoms with E-state index in [9.17, 15) is 14.0 Å². The smallest absolute Gasteiger partial charge is 0.254 e. The normalized spacial score (nSPS) is 17.5. The van der Waals surface area contributed by atoms with Gasteiger partial charge in [0.1, 0.15) is 11.9 Å². The summed E-state index contributed by atoms with van der Waals surface area (Å²) in [5, 5.41) is 0. The average Bonchev–Trinajstić information content (AvgIpc) is 2.65. The second-order valence-corrected chi connectivity index (χ2v) is 7.29. The molecule has 2 aromatic rings. The summed E-state index contributed by atoms with van der Waals surface area (Å²) >= 11 is 0. The molecule has 1 aliphatic heterocycles. The summed E-state index contributed by atoms with van der Waals surface area (Å²) in [5.41, 5.74) is 1.45. The fraction of sp³-hybridized carbons (Fsp3) is 0.381. The van der Waals surface area contributed by atoms with E-state index in [-0.39, 0.29) is 11.8 Å². The van der Waals surface area contributed by atoms with Gasteiger partial charge < -0.3 is 9.80 Å². The lowest BCUT2D eigenvalue weighted by Gasteiger charge is -2.39. The zero-order chi connectivity index (χ0) is 19.6. The molecule has 0 bridgehead atoms. The molecule has 0 spiro atoms. The van der Waals surface area contributed by atoms with Crippen LogP contribution < -0.4 is 0 Å². The molecule has 0 unspecified atom stereocenters. The maximum atomic E-state index is 14.0. The second kappa shape index (κ2) is 7.86. The highest BCUT2D eigenvalue weighted by atomic mass is 19.1. The second-order valence-electron chi connectivity index (χ2n) is 7.29. The minimum atomic E-state index is -0.508. The summed E-state index contributed by atoms with van der Waals surface area (Å²) in [7, 11) is 0. The minimum absolute atomic E-state index is 0.0281. The maximum absolute atomic E-state index is 14.0. The maximum Gasteiger partial charge on any atom is 0.254 e. The van der Waals surface area contributed by atoms with Crippen molar-refractivity contribution in [2.75, 3.05) is 19.6 Å². The molecular formula is C21H24FN3O2. The van der Waals surface area contributed by atoms with Gasteiger partial charge in [-0.25, -0.2) is 4.39 Å². The lowest BCUT2D eigenvalue weighted by molar-refractivity contribution is -0.140. The van der Waals surface area contributed by atoms with Crippen LogP contribution in [-0.4, -0.2) is 52.3 Å². The molecule has 1 fully saturated rings. The summed E-state index contributed by atoms with van der Waals surface area (Å²) in [6, 6.07) is 7.91. The van der Waals surface area contributed by atoms with Gasteiger partial charge in [0.2, 0.25) is 5.91 Å². The number of hydrogen-bond acceptors (Lipinski definition) is 3. The number of carbonyl (C=O) groups excluding carboxylic acids is 2. The molecule has 27 heavy (non-hydrogen) atoms. The van der Waals surface area contributed by atoms with Crippen LogP contribution in [0.5, 0.6) is 0 Å². The summed E-state index contributed by atoms with van der Waals surface area (Å²) < 4.78 is 14.0. The Morgan fingerprint density at radius 1 is 1.30 bits per heavy atom. The van der Waals surface area contributed by atoms with Crippen LogP contribution in [0.4, 0.5) is 4.39 Å². The van der Waals surface area contributed by atoms with Crippen molar-refractivity contribution in [3.05, 3.63) is 54.1 Å². The third-order valence-electron chi connectivity index (χ3n) is 4.79. The first-order chi connectivity index (χ1) is 12.9. The van der Waals surface area contributed by atoms with Crippen molar-refractivity contribution < 1.29 is 14.0 Å². The van der Waals surface area contributed by atoms with Crippen molar-refractivity contribution in [3.63, 3.8) is 0 Å². The quantitative estimate of drug-likeness (QED) is 0.832. The summed E-state index contributed by atoms with van der Waals surface area (Å²) in [5.74, 6) is -0.292. The largest absolute Gasteiger partial charge is 0.339 e. The monoisotopic (exact) mass is 369 g/mol. The number of nitrogens with zero attached hydrogens (tertiary/aromatic N) is 3. The average molecular weight is 369 g/mol. The Morgan fingerprint density at radius 3 is 2.78 bits per heavy atom. The van der Waals surface area contributed by atoms with Gasteiger partial charge in [0.25, 0.3) is 5.91 Å². The molecule has 1 atom stereocenters. The molecule has 1 aromatic heterocycles. The molecule has 3 rings (SSSR count). The van der Waals surface area contributed by atoms with Crippen LogP contribution in [0.15, 0.2) is 42.7 Å². The topological polar surface area (TPSA) is 53.5 Å².